The number of hydrogen-bond donors (Lipinski definition) is 1. The lowest BCUT2D eigenvalue weighted by molar-refractivity contribution is -0.149. The van der Waals surface area contributed by atoms with Crippen molar-refractivity contribution >= 4 is 12.0 Å². The van der Waals surface area contributed by atoms with Gasteiger partial charge >= 0.3 is 5.97 Å². The Kier molecular flexibility index (Phi) is 9.03. The van der Waals surface area contributed by atoms with Gasteiger partial charge in [-0.05, 0) is 127 Å². The quantitative estimate of drug-likeness (QED) is 0.191. The van der Waals surface area contributed by atoms with E-state index in [1.165, 1.54) is 38.9 Å². The van der Waals surface area contributed by atoms with Crippen LogP contribution in [0.2, 0.25) is 0 Å². The highest BCUT2D eigenvalue weighted by molar-refractivity contribution is 5.87. The molecule has 0 radical (unpaired) electrons. The van der Waals surface area contributed by atoms with Crippen LogP contribution in [0.1, 0.15) is 92.1 Å². The van der Waals surface area contributed by atoms with Gasteiger partial charge in [0, 0.05) is 6.08 Å². The Labute approximate surface area is 254 Å². The summed E-state index contributed by atoms with van der Waals surface area (Å²) in [6.07, 6.45) is 21.7. The number of phenols is 1. The second kappa shape index (κ2) is 12.2. The van der Waals surface area contributed by atoms with Gasteiger partial charge in [-0.1, -0.05) is 71.9 Å². The number of benzene rings is 1. The number of aromatic hydroxyl groups is 1. The van der Waals surface area contributed by atoms with Gasteiger partial charge in [-0.3, -0.25) is 0 Å². The molecule has 1 aromatic carbocycles. The second-order valence-corrected chi connectivity index (χ2v) is 15.0. The van der Waals surface area contributed by atoms with Crippen LogP contribution in [-0.4, -0.2) is 24.3 Å². The standard InChI is InChI=1S/C38H54O4/c1-24(2)25(3)8-9-26(4)31-14-15-32-30-13-12-28-23-29(18-20-37(28,5)33(30)19-21-38(31,32)6)42-36(40)17-11-27-10-16-34(39)35(22-27)41-7/h8-13,16-17,22,24-26,28-33,39H,14-15,18-21,23H2,1-7H3/b9-8+,17-11+/t25?,26?,28?,29-,30?,31+,32?,33?,37+,38+/m0/s1. The summed E-state index contributed by atoms with van der Waals surface area (Å²) in [4.78, 5) is 12.7. The van der Waals surface area contributed by atoms with Crippen LogP contribution in [0.25, 0.3) is 6.08 Å². The molecular weight excluding hydrogens is 520 g/mol. The third-order valence-corrected chi connectivity index (χ3v) is 12.5. The molecule has 3 fully saturated rings. The molecule has 10 atom stereocenters. The Morgan fingerprint density at radius 3 is 2.45 bits per heavy atom. The van der Waals surface area contributed by atoms with E-state index in [0.29, 0.717) is 46.2 Å². The van der Waals surface area contributed by atoms with Crippen LogP contribution in [0, 0.1) is 58.2 Å². The number of carbonyl (C=O) groups is 1. The van der Waals surface area contributed by atoms with Gasteiger partial charge in [0.15, 0.2) is 11.5 Å². The van der Waals surface area contributed by atoms with E-state index in [1.807, 2.05) is 0 Å². The largest absolute Gasteiger partial charge is 0.504 e. The Bertz CT molecular complexity index is 1210. The predicted octanol–water partition coefficient (Wildman–Crippen LogP) is 9.25. The van der Waals surface area contributed by atoms with Crippen LogP contribution in [0.3, 0.4) is 0 Å². The summed E-state index contributed by atoms with van der Waals surface area (Å²) in [6.45, 7) is 14.6. The van der Waals surface area contributed by atoms with Crippen molar-refractivity contribution in [2.45, 2.75) is 92.6 Å². The molecule has 4 aliphatic carbocycles. The number of allylic oxidation sites excluding steroid dienone is 4. The first kappa shape index (κ1) is 31.0. The zero-order chi connectivity index (χ0) is 30.2. The van der Waals surface area contributed by atoms with Gasteiger partial charge in [0.25, 0.3) is 0 Å². The maximum atomic E-state index is 12.7. The molecule has 4 nitrogen and oxygen atoms in total. The van der Waals surface area contributed by atoms with Crippen LogP contribution in [0.5, 0.6) is 11.5 Å². The summed E-state index contributed by atoms with van der Waals surface area (Å²) < 4.78 is 11.1. The number of ether oxygens (including phenoxy) is 2. The van der Waals surface area contributed by atoms with Gasteiger partial charge < -0.3 is 14.6 Å². The summed E-state index contributed by atoms with van der Waals surface area (Å²) in [5, 5.41) is 9.81. The van der Waals surface area contributed by atoms with Crippen molar-refractivity contribution in [1.29, 1.82) is 0 Å². The molecule has 4 aliphatic rings. The van der Waals surface area contributed by atoms with Crippen molar-refractivity contribution in [2.24, 2.45) is 58.2 Å². The van der Waals surface area contributed by atoms with Gasteiger partial charge in [0.05, 0.1) is 7.11 Å². The minimum Gasteiger partial charge on any atom is -0.504 e. The first-order chi connectivity index (χ1) is 20.0. The second-order valence-electron chi connectivity index (χ2n) is 15.0. The SMILES string of the molecule is COc1cc(/C=C/C(=O)O[C@H]2CC[C@]3(C)C(C=CC4C3CC[C@@]3(C)C4CC[C@@H]3C(C)/C=C/C(C)C(C)C)C2)ccc1O. The predicted molar refractivity (Wildman–Crippen MR) is 171 cm³/mol. The average molecular weight is 575 g/mol. The number of carbonyl (C=O) groups excluding carboxylic acids is 1. The minimum absolute atomic E-state index is 0.0404. The van der Waals surface area contributed by atoms with E-state index in [1.54, 1.807) is 24.3 Å². The Hall–Kier alpha value is -2.49. The lowest BCUT2D eigenvalue weighted by Gasteiger charge is -2.59. The van der Waals surface area contributed by atoms with E-state index in [-0.39, 0.29) is 17.8 Å². The molecule has 0 spiro atoms. The summed E-state index contributed by atoms with van der Waals surface area (Å²) >= 11 is 0. The van der Waals surface area contributed by atoms with Crippen LogP contribution >= 0.6 is 0 Å². The van der Waals surface area contributed by atoms with Gasteiger partial charge in [0.1, 0.15) is 6.10 Å². The fraction of sp³-hybridized carbons (Fsp3) is 0.658. The highest BCUT2D eigenvalue weighted by Crippen LogP contribution is 2.67. The molecule has 0 aromatic heterocycles. The highest BCUT2D eigenvalue weighted by Gasteiger charge is 2.59. The van der Waals surface area contributed by atoms with E-state index in [4.69, 9.17) is 9.47 Å². The van der Waals surface area contributed by atoms with E-state index in [2.05, 4.69) is 65.8 Å². The van der Waals surface area contributed by atoms with Crippen molar-refractivity contribution < 1.29 is 19.4 Å². The zero-order valence-corrected chi connectivity index (χ0v) is 27.0. The van der Waals surface area contributed by atoms with E-state index < -0.39 is 0 Å². The average Bonchev–Trinajstić information content (AvgIpc) is 3.32. The van der Waals surface area contributed by atoms with Gasteiger partial charge in [0.2, 0.25) is 0 Å². The molecule has 0 saturated heterocycles. The molecule has 42 heavy (non-hydrogen) atoms. The first-order valence-corrected chi connectivity index (χ1v) is 16.6. The minimum atomic E-state index is -0.301. The van der Waals surface area contributed by atoms with Gasteiger partial charge in [-0.25, -0.2) is 4.79 Å². The first-order valence-electron chi connectivity index (χ1n) is 16.6. The summed E-state index contributed by atoms with van der Waals surface area (Å²) in [6, 6.07) is 5.03. The van der Waals surface area contributed by atoms with Gasteiger partial charge in [-0.2, -0.15) is 0 Å². The number of rotatable bonds is 8. The zero-order valence-electron chi connectivity index (χ0n) is 27.0. The lowest BCUT2D eigenvalue weighted by Crippen LogP contribution is -2.52. The maximum Gasteiger partial charge on any atom is 0.331 e. The summed E-state index contributed by atoms with van der Waals surface area (Å²) in [5.74, 6) is 5.60. The molecule has 1 N–H and O–H groups in total. The van der Waals surface area contributed by atoms with Crippen molar-refractivity contribution in [2.75, 3.05) is 7.11 Å². The van der Waals surface area contributed by atoms with Crippen LogP contribution < -0.4 is 4.74 Å². The summed E-state index contributed by atoms with van der Waals surface area (Å²) in [7, 11) is 1.51. The molecule has 3 saturated carbocycles. The molecule has 1 aromatic rings. The summed E-state index contributed by atoms with van der Waals surface area (Å²) in [5.41, 5.74) is 1.51. The molecule has 0 heterocycles. The van der Waals surface area contributed by atoms with Crippen molar-refractivity contribution in [1.82, 2.24) is 0 Å². The van der Waals surface area contributed by atoms with Crippen molar-refractivity contribution in [3.05, 3.63) is 54.1 Å². The van der Waals surface area contributed by atoms with Crippen LogP contribution in [0.15, 0.2) is 48.6 Å². The Morgan fingerprint density at radius 1 is 0.976 bits per heavy atom. The smallest absolute Gasteiger partial charge is 0.331 e. The number of esters is 1. The molecule has 230 valence electrons. The number of fused-ring (bicyclic) bond motifs is 5. The molecule has 6 unspecified atom stereocenters. The normalized spacial score (nSPS) is 37.3. The van der Waals surface area contributed by atoms with Crippen molar-refractivity contribution in [3.8, 4) is 11.5 Å². The number of methoxy groups -OCH3 is 1. The molecule has 0 aliphatic heterocycles. The third-order valence-electron chi connectivity index (χ3n) is 12.5. The molecular formula is C38H54O4. The number of phenolic OH excluding ortho intramolecular Hbond substituents is 1. The lowest BCUT2D eigenvalue weighted by atomic mass is 9.46. The van der Waals surface area contributed by atoms with E-state index in [0.717, 1.165) is 42.6 Å². The Morgan fingerprint density at radius 2 is 1.71 bits per heavy atom. The fourth-order valence-corrected chi connectivity index (χ4v) is 9.47. The van der Waals surface area contributed by atoms with Crippen molar-refractivity contribution in [3.63, 3.8) is 0 Å². The molecule has 5 rings (SSSR count). The monoisotopic (exact) mass is 574 g/mol. The molecule has 0 amide bonds. The Balaban J connectivity index is 1.22. The fourth-order valence-electron chi connectivity index (χ4n) is 9.47. The van der Waals surface area contributed by atoms with Crippen LogP contribution in [0.4, 0.5) is 0 Å². The number of hydrogen-bond acceptors (Lipinski definition) is 4. The molecule has 0 bridgehead atoms. The molecule has 4 heteroatoms. The topological polar surface area (TPSA) is 55.8 Å². The maximum absolute atomic E-state index is 12.7. The van der Waals surface area contributed by atoms with Crippen LogP contribution in [-0.2, 0) is 9.53 Å². The third kappa shape index (κ3) is 5.84. The van der Waals surface area contributed by atoms with Gasteiger partial charge in [-0.15, -0.1) is 0 Å². The highest BCUT2D eigenvalue weighted by atomic mass is 16.5. The van der Waals surface area contributed by atoms with E-state index >= 15 is 0 Å². The van der Waals surface area contributed by atoms with E-state index in [9.17, 15) is 9.90 Å².